The first kappa shape index (κ1) is 14.9. The van der Waals surface area contributed by atoms with Crippen LogP contribution in [0.3, 0.4) is 0 Å². The van der Waals surface area contributed by atoms with Gasteiger partial charge in [-0.3, -0.25) is 9.89 Å². The Hall–Kier alpha value is -2.06. The molecule has 0 unspecified atom stereocenters. The highest BCUT2D eigenvalue weighted by molar-refractivity contribution is 6.33. The van der Waals surface area contributed by atoms with Gasteiger partial charge in [0.05, 0.1) is 16.6 Å². The molecule has 0 spiro atoms. The number of hydrogen-bond donors (Lipinski definition) is 2. The van der Waals surface area contributed by atoms with Crippen molar-refractivity contribution in [1.82, 2.24) is 20.5 Å². The van der Waals surface area contributed by atoms with Crippen molar-refractivity contribution in [2.24, 2.45) is 0 Å². The van der Waals surface area contributed by atoms with E-state index in [1.165, 1.54) is 6.33 Å². The molecule has 1 aliphatic rings. The van der Waals surface area contributed by atoms with Crippen LogP contribution in [0.25, 0.3) is 0 Å². The van der Waals surface area contributed by atoms with Crippen molar-refractivity contribution >= 4 is 17.5 Å². The maximum atomic E-state index is 13.3. The van der Waals surface area contributed by atoms with Crippen LogP contribution in [0, 0.1) is 11.6 Å². The molecule has 2 atom stereocenters. The summed E-state index contributed by atoms with van der Waals surface area (Å²) in [4.78, 5) is 16.2. The Morgan fingerprint density at radius 1 is 1.41 bits per heavy atom. The van der Waals surface area contributed by atoms with Crippen LogP contribution >= 0.6 is 11.6 Å². The molecule has 0 bridgehead atoms. The Morgan fingerprint density at radius 2 is 2.18 bits per heavy atom. The van der Waals surface area contributed by atoms with Crippen molar-refractivity contribution in [2.45, 2.75) is 18.6 Å². The summed E-state index contributed by atoms with van der Waals surface area (Å²) in [6.45, 7) is 0.432. The molecule has 6 nitrogen and oxygen atoms in total. The summed E-state index contributed by atoms with van der Waals surface area (Å²) in [6, 6.07) is 1.17. The third-order valence-electron chi connectivity index (χ3n) is 3.37. The molecule has 22 heavy (non-hydrogen) atoms. The van der Waals surface area contributed by atoms with Gasteiger partial charge in [-0.2, -0.15) is 5.10 Å². The smallest absolute Gasteiger partial charge is 0.253 e. The molecule has 1 aromatic carbocycles. The van der Waals surface area contributed by atoms with Gasteiger partial charge in [0, 0.05) is 6.61 Å². The third kappa shape index (κ3) is 2.79. The number of aromatic amines is 1. The number of H-pyrrole nitrogens is 1. The molecule has 3 rings (SSSR count). The number of benzene rings is 1. The highest BCUT2D eigenvalue weighted by Gasteiger charge is 2.33. The van der Waals surface area contributed by atoms with Crippen molar-refractivity contribution in [2.75, 3.05) is 6.61 Å². The summed E-state index contributed by atoms with van der Waals surface area (Å²) in [5, 5.41) is 8.94. The van der Waals surface area contributed by atoms with E-state index in [1.807, 2.05) is 0 Å². The minimum Gasteiger partial charge on any atom is -0.368 e. The van der Waals surface area contributed by atoms with Gasteiger partial charge in [-0.05, 0) is 18.6 Å². The minimum absolute atomic E-state index is 0.135. The van der Waals surface area contributed by atoms with E-state index in [9.17, 15) is 13.6 Å². The summed E-state index contributed by atoms with van der Waals surface area (Å²) in [6.07, 6.45) is 1.41. The number of aromatic nitrogens is 3. The van der Waals surface area contributed by atoms with Gasteiger partial charge in [0.2, 0.25) is 0 Å². The predicted molar refractivity (Wildman–Crippen MR) is 72.3 cm³/mol. The van der Waals surface area contributed by atoms with Gasteiger partial charge in [0.1, 0.15) is 12.4 Å². The quantitative estimate of drug-likeness (QED) is 0.845. The largest absolute Gasteiger partial charge is 0.368 e. The van der Waals surface area contributed by atoms with Gasteiger partial charge >= 0.3 is 0 Å². The molecule has 0 aliphatic carbocycles. The van der Waals surface area contributed by atoms with Crippen LogP contribution in [-0.2, 0) is 4.74 Å². The number of amides is 1. The van der Waals surface area contributed by atoms with Crippen LogP contribution in [0.2, 0.25) is 5.02 Å². The number of carbonyl (C=O) groups excluding carboxylic acids is 1. The molecule has 9 heteroatoms. The summed E-state index contributed by atoms with van der Waals surface area (Å²) >= 11 is 5.79. The summed E-state index contributed by atoms with van der Waals surface area (Å²) < 4.78 is 31.8. The normalized spacial score (nSPS) is 21.0. The number of nitrogens with one attached hydrogen (secondary N) is 2. The van der Waals surface area contributed by atoms with E-state index in [0.717, 1.165) is 12.1 Å². The van der Waals surface area contributed by atoms with E-state index in [2.05, 4.69) is 20.5 Å². The zero-order valence-electron chi connectivity index (χ0n) is 11.1. The SMILES string of the molecule is O=C(N[C@H]1CCO[C@H]1c1ncn[nH]1)c1cc(F)c(F)cc1Cl. The van der Waals surface area contributed by atoms with E-state index in [-0.39, 0.29) is 16.6 Å². The van der Waals surface area contributed by atoms with Crippen LogP contribution in [0.1, 0.15) is 28.7 Å². The fourth-order valence-corrected chi connectivity index (χ4v) is 2.54. The van der Waals surface area contributed by atoms with E-state index < -0.39 is 23.6 Å². The fraction of sp³-hybridized carbons (Fsp3) is 0.308. The molecular weight excluding hydrogens is 318 g/mol. The van der Waals surface area contributed by atoms with E-state index in [0.29, 0.717) is 18.9 Å². The van der Waals surface area contributed by atoms with Crippen LogP contribution in [-0.4, -0.2) is 33.7 Å². The molecule has 1 amide bonds. The summed E-state index contributed by atoms with van der Waals surface area (Å²) in [5.41, 5.74) is -0.135. The van der Waals surface area contributed by atoms with Crippen molar-refractivity contribution in [3.63, 3.8) is 0 Å². The fourth-order valence-electron chi connectivity index (χ4n) is 2.30. The lowest BCUT2D eigenvalue weighted by Gasteiger charge is -2.18. The number of nitrogens with zero attached hydrogens (tertiary/aromatic N) is 2. The van der Waals surface area contributed by atoms with E-state index in [1.54, 1.807) is 0 Å². The van der Waals surface area contributed by atoms with Gasteiger partial charge in [-0.15, -0.1) is 0 Å². The lowest BCUT2D eigenvalue weighted by molar-refractivity contribution is 0.0791. The van der Waals surface area contributed by atoms with Gasteiger partial charge < -0.3 is 10.1 Å². The Morgan fingerprint density at radius 3 is 2.91 bits per heavy atom. The number of halogens is 3. The van der Waals surface area contributed by atoms with Crippen LogP contribution < -0.4 is 5.32 Å². The summed E-state index contributed by atoms with van der Waals surface area (Å²) in [7, 11) is 0. The zero-order valence-corrected chi connectivity index (χ0v) is 11.9. The molecule has 1 saturated heterocycles. The average Bonchev–Trinajstić information content (AvgIpc) is 3.13. The Kier molecular flexibility index (Phi) is 4.04. The summed E-state index contributed by atoms with van der Waals surface area (Å²) in [5.74, 6) is -2.36. The lowest BCUT2D eigenvalue weighted by atomic mass is 10.1. The molecule has 1 aliphatic heterocycles. The Bertz CT molecular complexity index is 696. The highest BCUT2D eigenvalue weighted by atomic mass is 35.5. The minimum atomic E-state index is -1.14. The molecule has 1 aromatic heterocycles. The Labute approximate surface area is 128 Å². The van der Waals surface area contributed by atoms with Crippen molar-refractivity contribution < 1.29 is 18.3 Å². The first-order valence-corrected chi connectivity index (χ1v) is 6.86. The lowest BCUT2D eigenvalue weighted by Crippen LogP contribution is -2.37. The number of rotatable bonds is 3. The zero-order chi connectivity index (χ0) is 15.7. The highest BCUT2D eigenvalue weighted by Crippen LogP contribution is 2.27. The van der Waals surface area contributed by atoms with E-state index >= 15 is 0 Å². The van der Waals surface area contributed by atoms with Crippen molar-refractivity contribution in [1.29, 1.82) is 0 Å². The molecule has 1 fully saturated rings. The topological polar surface area (TPSA) is 79.9 Å². The Balaban J connectivity index is 1.78. The number of carbonyl (C=O) groups is 1. The van der Waals surface area contributed by atoms with Gasteiger partial charge in [0.25, 0.3) is 5.91 Å². The van der Waals surface area contributed by atoms with Gasteiger partial charge in [-0.1, -0.05) is 11.6 Å². The molecular formula is C13H11ClF2N4O2. The third-order valence-corrected chi connectivity index (χ3v) is 3.68. The second-order valence-electron chi connectivity index (χ2n) is 4.78. The number of hydrogen-bond acceptors (Lipinski definition) is 4. The second-order valence-corrected chi connectivity index (χ2v) is 5.18. The standard InChI is InChI=1S/C13H11ClF2N4O2/c14-7-4-9(16)8(15)3-6(7)13(21)19-10-1-2-22-11(10)12-17-5-18-20-12/h3-5,10-11H,1-2H2,(H,19,21)(H,17,18,20)/t10-,11+/m0/s1. The molecule has 2 N–H and O–H groups in total. The van der Waals surface area contributed by atoms with Gasteiger partial charge in [-0.25, -0.2) is 13.8 Å². The van der Waals surface area contributed by atoms with Crippen LogP contribution in [0.5, 0.6) is 0 Å². The molecule has 0 radical (unpaired) electrons. The van der Waals surface area contributed by atoms with Crippen LogP contribution in [0.15, 0.2) is 18.5 Å². The van der Waals surface area contributed by atoms with Crippen molar-refractivity contribution in [3.05, 3.63) is 46.5 Å². The predicted octanol–water partition coefficient (Wildman–Crippen LogP) is 2.00. The molecule has 2 aromatic rings. The molecule has 0 saturated carbocycles. The van der Waals surface area contributed by atoms with E-state index in [4.69, 9.17) is 16.3 Å². The average molecular weight is 329 g/mol. The molecule has 2 heterocycles. The molecule has 116 valence electrons. The maximum absolute atomic E-state index is 13.3. The monoisotopic (exact) mass is 328 g/mol. The maximum Gasteiger partial charge on any atom is 0.253 e. The van der Waals surface area contributed by atoms with Crippen molar-refractivity contribution in [3.8, 4) is 0 Å². The number of ether oxygens (including phenoxy) is 1. The second kappa shape index (κ2) is 5.98. The first-order valence-electron chi connectivity index (χ1n) is 6.48. The van der Waals surface area contributed by atoms with Crippen LogP contribution in [0.4, 0.5) is 8.78 Å². The first-order chi connectivity index (χ1) is 10.6. The van der Waals surface area contributed by atoms with Gasteiger partial charge in [0.15, 0.2) is 17.5 Å².